The van der Waals surface area contributed by atoms with Gasteiger partial charge in [0.05, 0.1) is 16.4 Å². The molecule has 1 aromatic heterocycles. The lowest BCUT2D eigenvalue weighted by Crippen LogP contribution is -2.40. The highest BCUT2D eigenvalue weighted by atomic mass is 32.1. The monoisotopic (exact) mass is 582 g/mol. The van der Waals surface area contributed by atoms with Gasteiger partial charge in [0.1, 0.15) is 5.71 Å². The fourth-order valence-corrected chi connectivity index (χ4v) is 5.71. The van der Waals surface area contributed by atoms with E-state index in [9.17, 15) is 31.1 Å². The van der Waals surface area contributed by atoms with Crippen LogP contribution in [0.15, 0.2) is 59.1 Å². The van der Waals surface area contributed by atoms with Crippen LogP contribution < -0.4 is 5.32 Å². The Balaban J connectivity index is 1.18. The van der Waals surface area contributed by atoms with Gasteiger partial charge in [0.2, 0.25) is 6.10 Å². The van der Waals surface area contributed by atoms with Crippen LogP contribution in [0.4, 0.5) is 36.8 Å². The van der Waals surface area contributed by atoms with Crippen LogP contribution in [0, 0.1) is 0 Å². The molecule has 40 heavy (non-hydrogen) atoms. The van der Waals surface area contributed by atoms with E-state index in [0.717, 1.165) is 23.2 Å². The van der Waals surface area contributed by atoms with E-state index in [1.54, 1.807) is 11.4 Å². The zero-order chi connectivity index (χ0) is 28.4. The van der Waals surface area contributed by atoms with Crippen LogP contribution in [-0.4, -0.2) is 40.8 Å². The normalized spacial score (nSPS) is 18.2. The standard InChI is InChI=1S/C27H24F6N4O2S/c28-23(29)16-6-7-18(24(30)31)19(12-16)35-26(38)37-10-8-15(9-11-37)25-34-21(14-40-25)20-13-22(39-36-20)27(32,33)17-4-2-1-3-5-17/h1-7,12,14-15,22-24H,8-11,13H2,(H,35,38). The number of rotatable bonds is 7. The molecule has 0 radical (unpaired) electrons. The largest absolute Gasteiger partial charge is 0.385 e. The number of amides is 2. The lowest BCUT2D eigenvalue weighted by atomic mass is 9.97. The van der Waals surface area contributed by atoms with Crippen LogP contribution in [0.2, 0.25) is 0 Å². The third-order valence-corrected chi connectivity index (χ3v) is 7.99. The zero-order valence-corrected chi connectivity index (χ0v) is 21.7. The van der Waals surface area contributed by atoms with Gasteiger partial charge in [-0.1, -0.05) is 47.6 Å². The molecule has 5 rings (SSSR count). The Kier molecular flexibility index (Phi) is 8.02. The molecule has 1 unspecified atom stereocenters. The second-order valence-electron chi connectivity index (χ2n) is 9.54. The number of hydrogen-bond acceptors (Lipinski definition) is 5. The van der Waals surface area contributed by atoms with Gasteiger partial charge < -0.3 is 15.1 Å². The number of carbonyl (C=O) groups is 1. The quantitative estimate of drug-likeness (QED) is 0.290. The Morgan fingerprint density at radius 3 is 2.45 bits per heavy atom. The van der Waals surface area contributed by atoms with Crippen molar-refractivity contribution in [2.45, 2.75) is 50.1 Å². The van der Waals surface area contributed by atoms with E-state index in [-0.39, 0.29) is 23.6 Å². The lowest BCUT2D eigenvalue weighted by Gasteiger charge is -2.31. The number of hydrogen-bond donors (Lipinski definition) is 1. The second-order valence-corrected chi connectivity index (χ2v) is 10.4. The van der Waals surface area contributed by atoms with Gasteiger partial charge in [-0.25, -0.2) is 27.3 Å². The summed E-state index contributed by atoms with van der Waals surface area (Å²) in [5.74, 6) is -3.23. The number of anilines is 1. The maximum absolute atomic E-state index is 14.9. The molecule has 1 saturated heterocycles. The molecule has 1 atom stereocenters. The summed E-state index contributed by atoms with van der Waals surface area (Å²) < 4.78 is 82.6. The molecule has 2 aliphatic rings. The van der Waals surface area contributed by atoms with Crippen LogP contribution in [0.1, 0.15) is 65.4 Å². The topological polar surface area (TPSA) is 66.8 Å². The number of likely N-dealkylation sites (tertiary alicyclic amines) is 1. The van der Waals surface area contributed by atoms with Crippen LogP contribution in [-0.2, 0) is 10.8 Å². The minimum Gasteiger partial charge on any atom is -0.385 e. The number of halogens is 6. The Bertz CT molecular complexity index is 1380. The van der Waals surface area contributed by atoms with E-state index in [2.05, 4.69) is 15.5 Å². The lowest BCUT2D eigenvalue weighted by molar-refractivity contribution is -0.131. The van der Waals surface area contributed by atoms with E-state index < -0.39 is 42.0 Å². The number of oxime groups is 1. The SMILES string of the molecule is O=C(Nc1cc(C(F)F)ccc1C(F)F)N1CCC(c2nc(C3=NOC(C(F)(F)c4ccccc4)C3)cs2)CC1. The highest BCUT2D eigenvalue weighted by Crippen LogP contribution is 2.39. The van der Waals surface area contributed by atoms with Gasteiger partial charge in [0.15, 0.2) is 0 Å². The van der Waals surface area contributed by atoms with Crippen molar-refractivity contribution < 1.29 is 36.0 Å². The number of carbonyl (C=O) groups excluding carboxylic acids is 1. The summed E-state index contributed by atoms with van der Waals surface area (Å²) in [5, 5.41) is 8.72. The Hall–Kier alpha value is -3.61. The molecule has 0 aliphatic carbocycles. The number of urea groups is 1. The molecule has 3 aromatic rings. The second kappa shape index (κ2) is 11.5. The van der Waals surface area contributed by atoms with Crippen LogP contribution >= 0.6 is 11.3 Å². The Morgan fingerprint density at radius 1 is 1.05 bits per heavy atom. The molecule has 2 aromatic carbocycles. The van der Waals surface area contributed by atoms with Gasteiger partial charge in [-0.15, -0.1) is 11.3 Å². The number of nitrogens with zero attached hydrogens (tertiary/aromatic N) is 3. The molecule has 13 heteroatoms. The molecule has 212 valence electrons. The molecule has 1 N–H and O–H groups in total. The number of nitrogens with one attached hydrogen (secondary N) is 1. The van der Waals surface area contributed by atoms with Crippen molar-refractivity contribution in [1.82, 2.24) is 9.88 Å². The summed E-state index contributed by atoms with van der Waals surface area (Å²) in [6.07, 6.45) is -6.30. The van der Waals surface area contributed by atoms with Crippen molar-refractivity contribution >= 4 is 28.8 Å². The Labute approximate surface area is 229 Å². The van der Waals surface area contributed by atoms with Crippen LogP contribution in [0.25, 0.3) is 0 Å². The van der Waals surface area contributed by atoms with Crippen molar-refractivity contribution in [3.8, 4) is 0 Å². The molecular formula is C27H24F6N4O2S. The average molecular weight is 583 g/mol. The molecule has 2 amide bonds. The summed E-state index contributed by atoms with van der Waals surface area (Å²) in [6, 6.07) is 9.41. The predicted octanol–water partition coefficient (Wildman–Crippen LogP) is 7.71. The molecule has 0 bridgehead atoms. The van der Waals surface area contributed by atoms with E-state index in [1.807, 2.05) is 0 Å². The summed E-state index contributed by atoms with van der Waals surface area (Å²) in [7, 11) is 0. The minimum absolute atomic E-state index is 0.00827. The first-order valence-electron chi connectivity index (χ1n) is 12.5. The maximum atomic E-state index is 14.9. The van der Waals surface area contributed by atoms with E-state index >= 15 is 0 Å². The van der Waals surface area contributed by atoms with Crippen LogP contribution in [0.3, 0.4) is 0 Å². The van der Waals surface area contributed by atoms with Gasteiger partial charge >= 0.3 is 12.0 Å². The Morgan fingerprint density at radius 2 is 1.77 bits per heavy atom. The van der Waals surface area contributed by atoms with E-state index in [0.29, 0.717) is 37.3 Å². The van der Waals surface area contributed by atoms with Crippen molar-refractivity contribution in [3.05, 3.63) is 81.3 Å². The number of thiazole rings is 1. The summed E-state index contributed by atoms with van der Waals surface area (Å²) >= 11 is 1.36. The van der Waals surface area contributed by atoms with Crippen molar-refractivity contribution in [1.29, 1.82) is 0 Å². The first kappa shape index (κ1) is 27.9. The first-order valence-corrected chi connectivity index (χ1v) is 13.4. The van der Waals surface area contributed by atoms with Crippen molar-refractivity contribution in [2.75, 3.05) is 18.4 Å². The van der Waals surface area contributed by atoms with Gasteiger partial charge in [-0.3, -0.25) is 0 Å². The summed E-state index contributed by atoms with van der Waals surface area (Å²) in [5.41, 5.74) is -0.708. The first-order chi connectivity index (χ1) is 19.1. The smallest absolute Gasteiger partial charge is 0.321 e. The highest BCUT2D eigenvalue weighted by molar-refractivity contribution is 7.10. The summed E-state index contributed by atoms with van der Waals surface area (Å²) in [4.78, 5) is 23.8. The number of piperidine rings is 1. The molecule has 2 aliphatic heterocycles. The van der Waals surface area contributed by atoms with Crippen molar-refractivity contribution in [2.24, 2.45) is 5.16 Å². The van der Waals surface area contributed by atoms with Gasteiger partial charge in [-0.2, -0.15) is 8.78 Å². The highest BCUT2D eigenvalue weighted by Gasteiger charge is 2.47. The van der Waals surface area contributed by atoms with Crippen LogP contribution in [0.5, 0.6) is 0 Å². The van der Waals surface area contributed by atoms with Gasteiger partial charge in [-0.05, 0) is 18.9 Å². The number of benzene rings is 2. The average Bonchev–Trinajstić information content (AvgIpc) is 3.64. The molecule has 6 nitrogen and oxygen atoms in total. The fraction of sp³-hybridized carbons (Fsp3) is 0.370. The fourth-order valence-electron chi connectivity index (χ4n) is 4.71. The van der Waals surface area contributed by atoms with E-state index in [1.165, 1.54) is 40.5 Å². The number of alkyl halides is 6. The van der Waals surface area contributed by atoms with E-state index in [4.69, 9.17) is 4.84 Å². The summed E-state index contributed by atoms with van der Waals surface area (Å²) in [6.45, 7) is 0.582. The van der Waals surface area contributed by atoms with Gasteiger partial charge in [0, 0.05) is 47.5 Å². The molecule has 0 saturated carbocycles. The molecule has 3 heterocycles. The zero-order valence-electron chi connectivity index (χ0n) is 20.9. The third kappa shape index (κ3) is 5.79. The predicted molar refractivity (Wildman–Crippen MR) is 137 cm³/mol. The number of aromatic nitrogens is 1. The maximum Gasteiger partial charge on any atom is 0.321 e. The minimum atomic E-state index is -3.23. The van der Waals surface area contributed by atoms with Crippen molar-refractivity contribution in [3.63, 3.8) is 0 Å². The van der Waals surface area contributed by atoms with Gasteiger partial charge in [0.25, 0.3) is 12.9 Å². The molecule has 0 spiro atoms. The third-order valence-electron chi connectivity index (χ3n) is 6.99. The molecule has 1 fully saturated rings. The molecular weight excluding hydrogens is 558 g/mol.